The Kier molecular flexibility index (Phi) is 3.79. The Morgan fingerprint density at radius 1 is 1.13 bits per heavy atom. The molecule has 1 aromatic carbocycles. The second kappa shape index (κ2) is 5.32. The third-order valence-electron chi connectivity index (χ3n) is 3.51. The van der Waals surface area contributed by atoms with Gasteiger partial charge in [-0.25, -0.2) is 0 Å². The number of hydrogen-bond donors (Lipinski definition) is 1. The number of benzene rings is 1. The molecule has 0 bridgehead atoms. The van der Waals surface area contributed by atoms with Crippen molar-refractivity contribution in [3.05, 3.63) is 35.9 Å². The highest BCUT2D eigenvalue weighted by Crippen LogP contribution is 2.26. The number of hydrogen-bond acceptors (Lipinski definition) is 1. The molecule has 15 heavy (non-hydrogen) atoms. The first-order valence-electron chi connectivity index (χ1n) is 6.14. The van der Waals surface area contributed by atoms with Crippen LogP contribution in [0.15, 0.2) is 30.3 Å². The Morgan fingerprint density at radius 2 is 1.93 bits per heavy atom. The van der Waals surface area contributed by atoms with Crippen molar-refractivity contribution in [3.8, 4) is 0 Å². The first-order chi connectivity index (χ1) is 7.34. The molecule has 0 spiro atoms. The van der Waals surface area contributed by atoms with Crippen molar-refractivity contribution in [2.45, 2.75) is 44.6 Å². The van der Waals surface area contributed by atoms with Crippen LogP contribution in [-0.2, 0) is 6.42 Å². The van der Waals surface area contributed by atoms with Crippen LogP contribution in [0.4, 0.5) is 0 Å². The summed E-state index contributed by atoms with van der Waals surface area (Å²) in [5.41, 5.74) is 7.46. The Morgan fingerprint density at radius 3 is 2.67 bits per heavy atom. The molecule has 0 aromatic heterocycles. The average Bonchev–Trinajstić information content (AvgIpc) is 2.28. The molecule has 1 aliphatic rings. The van der Waals surface area contributed by atoms with Gasteiger partial charge in [0.25, 0.3) is 0 Å². The van der Waals surface area contributed by atoms with Gasteiger partial charge in [0.05, 0.1) is 0 Å². The van der Waals surface area contributed by atoms with Crippen molar-refractivity contribution in [3.63, 3.8) is 0 Å². The molecule has 1 saturated carbocycles. The molecular formula is C14H21N. The summed E-state index contributed by atoms with van der Waals surface area (Å²) in [7, 11) is 0. The van der Waals surface area contributed by atoms with Crippen molar-refractivity contribution in [1.82, 2.24) is 0 Å². The van der Waals surface area contributed by atoms with Crippen molar-refractivity contribution >= 4 is 0 Å². The van der Waals surface area contributed by atoms with Crippen molar-refractivity contribution in [2.75, 3.05) is 0 Å². The molecule has 0 amide bonds. The van der Waals surface area contributed by atoms with Crippen LogP contribution in [0.3, 0.4) is 0 Å². The predicted molar refractivity (Wildman–Crippen MR) is 64.7 cm³/mol. The van der Waals surface area contributed by atoms with Crippen LogP contribution in [0.5, 0.6) is 0 Å². The second-order valence-electron chi connectivity index (χ2n) is 4.82. The lowest BCUT2D eigenvalue weighted by atomic mass is 9.83. The van der Waals surface area contributed by atoms with E-state index in [1.54, 1.807) is 0 Å². The Hall–Kier alpha value is -0.820. The highest BCUT2D eigenvalue weighted by atomic mass is 14.6. The standard InChI is InChI=1S/C14H21N/c15-14-8-4-7-13(11-14)10-9-12-5-2-1-3-6-12/h1-3,5-6,13-14H,4,7-11,15H2. The van der Waals surface area contributed by atoms with E-state index in [-0.39, 0.29) is 0 Å². The quantitative estimate of drug-likeness (QED) is 0.802. The van der Waals surface area contributed by atoms with Gasteiger partial charge in [-0.2, -0.15) is 0 Å². The highest BCUT2D eigenvalue weighted by Gasteiger charge is 2.18. The maximum Gasteiger partial charge on any atom is 0.00414 e. The maximum atomic E-state index is 5.99. The van der Waals surface area contributed by atoms with Gasteiger partial charge in [-0.15, -0.1) is 0 Å². The molecule has 82 valence electrons. The molecule has 0 radical (unpaired) electrons. The zero-order chi connectivity index (χ0) is 10.5. The van der Waals surface area contributed by atoms with Crippen LogP contribution in [0.2, 0.25) is 0 Å². The lowest BCUT2D eigenvalue weighted by Gasteiger charge is -2.26. The van der Waals surface area contributed by atoms with Crippen LogP contribution in [0.1, 0.15) is 37.7 Å². The highest BCUT2D eigenvalue weighted by molar-refractivity contribution is 5.14. The van der Waals surface area contributed by atoms with E-state index in [1.807, 2.05) is 0 Å². The number of rotatable bonds is 3. The molecule has 2 atom stereocenters. The summed E-state index contributed by atoms with van der Waals surface area (Å²) in [4.78, 5) is 0. The van der Waals surface area contributed by atoms with Crippen LogP contribution < -0.4 is 5.73 Å². The zero-order valence-electron chi connectivity index (χ0n) is 9.36. The minimum Gasteiger partial charge on any atom is -0.328 e. The van der Waals surface area contributed by atoms with Crippen LogP contribution in [-0.4, -0.2) is 6.04 Å². The van der Waals surface area contributed by atoms with Gasteiger partial charge < -0.3 is 5.73 Å². The summed E-state index contributed by atoms with van der Waals surface area (Å²) in [6, 6.07) is 11.3. The van der Waals surface area contributed by atoms with Gasteiger partial charge in [-0.3, -0.25) is 0 Å². The zero-order valence-corrected chi connectivity index (χ0v) is 9.36. The van der Waals surface area contributed by atoms with Crippen molar-refractivity contribution < 1.29 is 0 Å². The van der Waals surface area contributed by atoms with E-state index in [9.17, 15) is 0 Å². The summed E-state index contributed by atoms with van der Waals surface area (Å²) in [6.45, 7) is 0. The number of nitrogens with two attached hydrogens (primary N) is 1. The monoisotopic (exact) mass is 203 g/mol. The van der Waals surface area contributed by atoms with Gasteiger partial charge in [0, 0.05) is 6.04 Å². The summed E-state index contributed by atoms with van der Waals surface area (Å²) < 4.78 is 0. The lowest BCUT2D eigenvalue weighted by molar-refractivity contribution is 0.307. The molecule has 2 unspecified atom stereocenters. The van der Waals surface area contributed by atoms with Crippen molar-refractivity contribution in [2.24, 2.45) is 11.7 Å². The first kappa shape index (κ1) is 10.7. The third-order valence-corrected chi connectivity index (χ3v) is 3.51. The predicted octanol–water partition coefficient (Wildman–Crippen LogP) is 3.14. The minimum absolute atomic E-state index is 0.472. The fourth-order valence-corrected chi connectivity index (χ4v) is 2.61. The Balaban J connectivity index is 1.78. The van der Waals surface area contributed by atoms with E-state index >= 15 is 0 Å². The molecule has 0 saturated heterocycles. The molecule has 1 nitrogen and oxygen atoms in total. The largest absolute Gasteiger partial charge is 0.328 e. The minimum atomic E-state index is 0.472. The van der Waals surface area contributed by atoms with E-state index in [4.69, 9.17) is 5.73 Å². The molecule has 2 rings (SSSR count). The molecule has 1 aliphatic carbocycles. The van der Waals surface area contributed by atoms with E-state index in [2.05, 4.69) is 30.3 Å². The summed E-state index contributed by atoms with van der Waals surface area (Å²) >= 11 is 0. The van der Waals surface area contributed by atoms with Gasteiger partial charge in [-0.05, 0) is 37.2 Å². The Bertz CT molecular complexity index is 281. The normalized spacial score (nSPS) is 26.5. The van der Waals surface area contributed by atoms with Gasteiger partial charge in [-0.1, -0.05) is 43.2 Å². The van der Waals surface area contributed by atoms with E-state index < -0.39 is 0 Å². The van der Waals surface area contributed by atoms with E-state index in [1.165, 1.54) is 44.1 Å². The van der Waals surface area contributed by atoms with Gasteiger partial charge in [0.1, 0.15) is 0 Å². The molecule has 0 aliphatic heterocycles. The van der Waals surface area contributed by atoms with Crippen molar-refractivity contribution in [1.29, 1.82) is 0 Å². The lowest BCUT2D eigenvalue weighted by Crippen LogP contribution is -2.27. The van der Waals surface area contributed by atoms with E-state index in [0.29, 0.717) is 6.04 Å². The summed E-state index contributed by atoms with van der Waals surface area (Å²) in [6.07, 6.45) is 7.74. The van der Waals surface area contributed by atoms with E-state index in [0.717, 1.165) is 5.92 Å². The SMILES string of the molecule is NC1CCCC(CCc2ccccc2)C1. The fourth-order valence-electron chi connectivity index (χ4n) is 2.61. The molecular weight excluding hydrogens is 182 g/mol. The third kappa shape index (κ3) is 3.35. The molecule has 1 fully saturated rings. The molecule has 0 heterocycles. The summed E-state index contributed by atoms with van der Waals surface area (Å²) in [5, 5.41) is 0. The van der Waals surface area contributed by atoms with Crippen LogP contribution in [0, 0.1) is 5.92 Å². The maximum absolute atomic E-state index is 5.99. The number of aryl methyl sites for hydroxylation is 1. The average molecular weight is 203 g/mol. The molecule has 1 aromatic rings. The van der Waals surface area contributed by atoms with Gasteiger partial charge in [0.2, 0.25) is 0 Å². The second-order valence-corrected chi connectivity index (χ2v) is 4.82. The van der Waals surface area contributed by atoms with Gasteiger partial charge >= 0.3 is 0 Å². The Labute approximate surface area is 92.7 Å². The summed E-state index contributed by atoms with van der Waals surface area (Å²) in [5.74, 6) is 0.869. The van der Waals surface area contributed by atoms with Gasteiger partial charge in [0.15, 0.2) is 0 Å². The smallest absolute Gasteiger partial charge is 0.00414 e. The molecule has 1 heteroatoms. The first-order valence-corrected chi connectivity index (χ1v) is 6.14. The fraction of sp³-hybridized carbons (Fsp3) is 0.571. The topological polar surface area (TPSA) is 26.0 Å². The van der Waals surface area contributed by atoms with Crippen LogP contribution in [0.25, 0.3) is 0 Å². The molecule has 2 N–H and O–H groups in total. The van der Waals surface area contributed by atoms with Crippen LogP contribution >= 0.6 is 0 Å².